The first-order valence-electron chi connectivity index (χ1n) is 8.87. The van der Waals surface area contributed by atoms with E-state index in [1.807, 2.05) is 69.3 Å². The molecule has 0 fully saturated rings. The summed E-state index contributed by atoms with van der Waals surface area (Å²) in [6.45, 7) is 6.03. The number of hydrazone groups is 1. The summed E-state index contributed by atoms with van der Waals surface area (Å²) < 4.78 is 3.11. The maximum absolute atomic E-state index is 12.1. The summed E-state index contributed by atoms with van der Waals surface area (Å²) >= 11 is 9.66. The number of aromatic nitrogens is 1. The first kappa shape index (κ1) is 20.4. The predicted octanol–water partition coefficient (Wildman–Crippen LogP) is 5.51. The molecule has 0 aliphatic rings. The second-order valence-electron chi connectivity index (χ2n) is 6.69. The molecule has 1 heterocycles. The summed E-state index contributed by atoms with van der Waals surface area (Å²) in [5.74, 6) is -0.155. The number of rotatable bonds is 5. The number of amides is 1. The van der Waals surface area contributed by atoms with E-state index >= 15 is 0 Å². The van der Waals surface area contributed by atoms with E-state index in [1.54, 1.807) is 6.21 Å². The van der Waals surface area contributed by atoms with Crippen LogP contribution in [0.2, 0.25) is 5.02 Å². The Bertz CT molecular complexity index is 1040. The van der Waals surface area contributed by atoms with Crippen LogP contribution in [0.5, 0.6) is 0 Å². The summed E-state index contributed by atoms with van der Waals surface area (Å²) in [6.07, 6.45) is 1.96. The molecule has 0 spiro atoms. The lowest BCUT2D eigenvalue weighted by molar-refractivity contribution is -0.120. The Morgan fingerprint density at radius 2 is 1.86 bits per heavy atom. The second-order valence-corrected chi connectivity index (χ2v) is 8.01. The van der Waals surface area contributed by atoms with E-state index in [1.165, 1.54) is 0 Å². The van der Waals surface area contributed by atoms with Gasteiger partial charge in [0.25, 0.3) is 0 Å². The van der Waals surface area contributed by atoms with E-state index in [0.717, 1.165) is 43.3 Å². The summed E-state index contributed by atoms with van der Waals surface area (Å²) in [4.78, 5) is 12.1. The van der Waals surface area contributed by atoms with Crippen LogP contribution in [0.4, 0.5) is 0 Å². The smallest absolute Gasteiger partial charge is 0.244 e. The fourth-order valence-corrected chi connectivity index (χ4v) is 3.48. The Labute approximate surface area is 178 Å². The van der Waals surface area contributed by atoms with Crippen molar-refractivity contribution < 1.29 is 4.79 Å². The molecular weight excluding hydrogens is 438 g/mol. The summed E-state index contributed by atoms with van der Waals surface area (Å²) in [6, 6.07) is 15.7. The number of carbonyl (C=O) groups is 1. The van der Waals surface area contributed by atoms with Crippen LogP contribution >= 0.6 is 27.5 Å². The summed E-state index contributed by atoms with van der Waals surface area (Å²) in [5.41, 5.74) is 8.62. The number of nitrogens with one attached hydrogen (secondary N) is 1. The minimum atomic E-state index is -0.155. The number of carbonyl (C=O) groups excluding carboxylic acids is 1. The van der Waals surface area contributed by atoms with Gasteiger partial charge >= 0.3 is 0 Å². The van der Waals surface area contributed by atoms with Crippen molar-refractivity contribution in [3.63, 3.8) is 0 Å². The molecule has 1 N–H and O–H groups in total. The maximum Gasteiger partial charge on any atom is 0.244 e. The van der Waals surface area contributed by atoms with Crippen LogP contribution in [0, 0.1) is 20.8 Å². The van der Waals surface area contributed by atoms with Crippen LogP contribution in [-0.2, 0) is 11.2 Å². The highest BCUT2D eigenvalue weighted by atomic mass is 79.9. The van der Waals surface area contributed by atoms with E-state index in [9.17, 15) is 4.79 Å². The zero-order chi connectivity index (χ0) is 20.3. The van der Waals surface area contributed by atoms with Gasteiger partial charge in [-0.2, -0.15) is 5.10 Å². The third kappa shape index (κ3) is 4.72. The molecule has 0 saturated heterocycles. The van der Waals surface area contributed by atoms with Crippen LogP contribution in [0.15, 0.2) is 58.1 Å². The molecule has 144 valence electrons. The zero-order valence-corrected chi connectivity index (χ0v) is 18.3. The number of nitrogens with zero attached hydrogens (tertiary/aromatic N) is 2. The van der Waals surface area contributed by atoms with Gasteiger partial charge in [0, 0.05) is 32.1 Å². The predicted molar refractivity (Wildman–Crippen MR) is 119 cm³/mol. The molecule has 0 bridgehead atoms. The highest BCUT2D eigenvalue weighted by Crippen LogP contribution is 2.24. The molecule has 1 amide bonds. The van der Waals surface area contributed by atoms with Crippen LogP contribution in [-0.4, -0.2) is 16.7 Å². The normalized spacial score (nSPS) is 11.2. The number of aryl methyl sites for hydroxylation is 2. The highest BCUT2D eigenvalue weighted by Gasteiger charge is 2.10. The molecule has 3 aromatic rings. The summed E-state index contributed by atoms with van der Waals surface area (Å²) in [5, 5.41) is 4.86. The minimum Gasteiger partial charge on any atom is -0.318 e. The van der Waals surface area contributed by atoms with Crippen molar-refractivity contribution in [3.8, 4) is 5.69 Å². The van der Waals surface area contributed by atoms with Gasteiger partial charge < -0.3 is 4.57 Å². The number of halogens is 2. The van der Waals surface area contributed by atoms with E-state index in [4.69, 9.17) is 11.6 Å². The molecule has 0 aliphatic heterocycles. The number of benzene rings is 2. The van der Waals surface area contributed by atoms with Gasteiger partial charge in [-0.1, -0.05) is 45.7 Å². The van der Waals surface area contributed by atoms with E-state index in [-0.39, 0.29) is 12.3 Å². The lowest BCUT2D eigenvalue weighted by atomic mass is 10.1. The molecule has 4 nitrogen and oxygen atoms in total. The Morgan fingerprint density at radius 3 is 2.54 bits per heavy atom. The van der Waals surface area contributed by atoms with Crippen LogP contribution < -0.4 is 5.43 Å². The lowest BCUT2D eigenvalue weighted by Crippen LogP contribution is -2.19. The first-order valence-corrected chi connectivity index (χ1v) is 10.0. The van der Waals surface area contributed by atoms with Crippen molar-refractivity contribution in [1.82, 2.24) is 9.99 Å². The van der Waals surface area contributed by atoms with Crippen LogP contribution in [0.3, 0.4) is 0 Å². The molecule has 0 radical (unpaired) electrons. The van der Waals surface area contributed by atoms with Gasteiger partial charge in [-0.05, 0) is 62.2 Å². The average molecular weight is 459 g/mol. The fraction of sp³-hybridized carbons (Fsp3) is 0.182. The lowest BCUT2D eigenvalue weighted by Gasteiger charge is -2.11. The molecule has 1 aromatic heterocycles. The van der Waals surface area contributed by atoms with Gasteiger partial charge in [0.2, 0.25) is 5.91 Å². The van der Waals surface area contributed by atoms with Gasteiger partial charge in [-0.25, -0.2) is 5.43 Å². The standard InChI is InChI=1S/C22H21BrClN3O/c1-14-4-9-20(12-21(14)24)27-15(2)10-18(16(27)3)13-25-26-22(28)11-17-5-7-19(23)8-6-17/h4-10,12-13H,11H2,1-3H3,(H,26,28)/b25-13+. The third-order valence-electron chi connectivity index (χ3n) is 4.55. The molecule has 6 heteroatoms. The van der Waals surface area contributed by atoms with Crippen molar-refractivity contribution in [3.05, 3.63) is 86.1 Å². The van der Waals surface area contributed by atoms with E-state index < -0.39 is 0 Å². The maximum atomic E-state index is 12.1. The number of hydrogen-bond donors (Lipinski definition) is 1. The molecule has 3 rings (SSSR count). The molecule has 0 atom stereocenters. The highest BCUT2D eigenvalue weighted by molar-refractivity contribution is 9.10. The van der Waals surface area contributed by atoms with Gasteiger partial charge in [0.1, 0.15) is 0 Å². The fourth-order valence-electron chi connectivity index (χ4n) is 3.04. The molecule has 0 unspecified atom stereocenters. The average Bonchev–Trinajstić information content (AvgIpc) is 2.93. The number of hydrogen-bond acceptors (Lipinski definition) is 2. The minimum absolute atomic E-state index is 0.155. The second kappa shape index (κ2) is 8.76. The topological polar surface area (TPSA) is 46.4 Å². The molecule has 2 aromatic carbocycles. The molecule has 0 aliphatic carbocycles. The molecule has 0 saturated carbocycles. The molecular formula is C22H21BrClN3O. The van der Waals surface area contributed by atoms with Crippen molar-refractivity contribution in [1.29, 1.82) is 0 Å². The van der Waals surface area contributed by atoms with E-state index in [2.05, 4.69) is 31.0 Å². The largest absolute Gasteiger partial charge is 0.318 e. The van der Waals surface area contributed by atoms with Crippen LogP contribution in [0.25, 0.3) is 5.69 Å². The Balaban J connectivity index is 1.71. The van der Waals surface area contributed by atoms with Crippen molar-refractivity contribution in [2.75, 3.05) is 0 Å². The third-order valence-corrected chi connectivity index (χ3v) is 5.49. The Morgan fingerprint density at radius 1 is 1.14 bits per heavy atom. The van der Waals surface area contributed by atoms with Crippen LogP contribution in [0.1, 0.15) is 28.1 Å². The zero-order valence-electron chi connectivity index (χ0n) is 16.0. The summed E-state index contributed by atoms with van der Waals surface area (Å²) in [7, 11) is 0. The Hall–Kier alpha value is -2.37. The van der Waals surface area contributed by atoms with E-state index in [0.29, 0.717) is 0 Å². The van der Waals surface area contributed by atoms with Gasteiger partial charge in [0.15, 0.2) is 0 Å². The quantitative estimate of drug-likeness (QED) is 0.397. The van der Waals surface area contributed by atoms with Crippen molar-refractivity contribution >= 4 is 39.7 Å². The van der Waals surface area contributed by atoms with Crippen molar-refractivity contribution in [2.24, 2.45) is 5.10 Å². The van der Waals surface area contributed by atoms with Gasteiger partial charge in [0.05, 0.1) is 12.6 Å². The van der Waals surface area contributed by atoms with Gasteiger partial charge in [-0.15, -0.1) is 0 Å². The Kier molecular flexibility index (Phi) is 6.37. The first-order chi connectivity index (χ1) is 13.3. The van der Waals surface area contributed by atoms with Crippen molar-refractivity contribution in [2.45, 2.75) is 27.2 Å². The monoisotopic (exact) mass is 457 g/mol. The molecule has 28 heavy (non-hydrogen) atoms. The SMILES string of the molecule is Cc1ccc(-n2c(C)cc(/C=N/NC(=O)Cc3ccc(Br)cc3)c2C)cc1Cl. The van der Waals surface area contributed by atoms with Gasteiger partial charge in [-0.3, -0.25) is 4.79 Å².